The molecule has 136 valence electrons. The van der Waals surface area contributed by atoms with E-state index < -0.39 is 6.67 Å². The number of alkyl halides is 1. The molecule has 24 heavy (non-hydrogen) atoms. The maximum atomic E-state index is 12.2. The van der Waals surface area contributed by atoms with E-state index >= 15 is 0 Å². The van der Waals surface area contributed by atoms with E-state index in [2.05, 4.69) is 11.8 Å². The first-order valence-corrected chi connectivity index (χ1v) is 8.43. The van der Waals surface area contributed by atoms with E-state index in [1.54, 1.807) is 0 Å². The Balaban J connectivity index is 0.00000208. The van der Waals surface area contributed by atoms with Gasteiger partial charge in [-0.15, -0.1) is 12.4 Å². The van der Waals surface area contributed by atoms with Gasteiger partial charge in [0.15, 0.2) is 11.5 Å². The summed E-state index contributed by atoms with van der Waals surface area (Å²) in [6.45, 7) is 6.11. The summed E-state index contributed by atoms with van der Waals surface area (Å²) in [5, 5.41) is 0. The second-order valence-electron chi connectivity index (χ2n) is 6.89. The minimum Gasteiger partial charge on any atom is -0.486 e. The SMILES string of the molecule is C[C@]1(COCCF)CCCN(C[C@H]2COc3ccccc3O2)C1.Cl. The monoisotopic (exact) mass is 359 g/mol. The molecule has 6 heteroatoms. The van der Waals surface area contributed by atoms with Crippen molar-refractivity contribution in [2.45, 2.75) is 25.9 Å². The number of benzene rings is 1. The number of rotatable bonds is 6. The van der Waals surface area contributed by atoms with Crippen LogP contribution in [0.5, 0.6) is 11.5 Å². The molecule has 1 saturated heterocycles. The van der Waals surface area contributed by atoms with E-state index in [1.807, 2.05) is 24.3 Å². The third-order valence-electron chi connectivity index (χ3n) is 4.56. The van der Waals surface area contributed by atoms with Crippen molar-refractivity contribution in [3.63, 3.8) is 0 Å². The number of hydrogen-bond acceptors (Lipinski definition) is 4. The number of para-hydroxylation sites is 2. The number of likely N-dealkylation sites (tertiary alicyclic amines) is 1. The molecule has 0 aliphatic carbocycles. The van der Waals surface area contributed by atoms with E-state index in [-0.39, 0.29) is 30.5 Å². The fraction of sp³-hybridized carbons (Fsp3) is 0.667. The molecule has 0 amide bonds. The minimum atomic E-state index is -0.410. The first kappa shape index (κ1) is 19.3. The third-order valence-corrected chi connectivity index (χ3v) is 4.56. The van der Waals surface area contributed by atoms with Crippen LogP contribution in [0.3, 0.4) is 0 Å². The molecule has 2 heterocycles. The molecule has 1 aromatic rings. The Morgan fingerprint density at radius 1 is 1.33 bits per heavy atom. The number of fused-ring (bicyclic) bond motifs is 1. The lowest BCUT2D eigenvalue weighted by atomic mass is 9.82. The predicted molar refractivity (Wildman–Crippen MR) is 94.2 cm³/mol. The van der Waals surface area contributed by atoms with Gasteiger partial charge in [-0.05, 0) is 31.5 Å². The first-order chi connectivity index (χ1) is 11.2. The average molecular weight is 360 g/mol. The average Bonchev–Trinajstić information content (AvgIpc) is 2.55. The highest BCUT2D eigenvalue weighted by Gasteiger charge is 2.33. The van der Waals surface area contributed by atoms with E-state index in [1.165, 1.54) is 0 Å². The minimum absolute atomic E-state index is 0. The summed E-state index contributed by atoms with van der Waals surface area (Å²) < 4.78 is 29.5. The van der Waals surface area contributed by atoms with E-state index in [4.69, 9.17) is 14.2 Å². The van der Waals surface area contributed by atoms with E-state index in [0.717, 1.165) is 44.0 Å². The zero-order valence-electron chi connectivity index (χ0n) is 14.2. The Hall–Kier alpha value is -1.04. The number of nitrogens with zero attached hydrogens (tertiary/aromatic N) is 1. The van der Waals surface area contributed by atoms with Crippen LogP contribution < -0.4 is 9.47 Å². The normalized spacial score (nSPS) is 26.7. The molecule has 0 N–H and O–H groups in total. The van der Waals surface area contributed by atoms with Crippen LogP contribution >= 0.6 is 12.4 Å². The van der Waals surface area contributed by atoms with Gasteiger partial charge >= 0.3 is 0 Å². The van der Waals surface area contributed by atoms with Gasteiger partial charge in [0.2, 0.25) is 0 Å². The molecule has 0 radical (unpaired) electrons. The van der Waals surface area contributed by atoms with Gasteiger partial charge in [0, 0.05) is 18.5 Å². The van der Waals surface area contributed by atoms with Crippen LogP contribution in [0.1, 0.15) is 19.8 Å². The maximum Gasteiger partial charge on any atom is 0.161 e. The highest BCUT2D eigenvalue weighted by Crippen LogP contribution is 2.33. The summed E-state index contributed by atoms with van der Waals surface area (Å²) in [5.74, 6) is 1.65. The van der Waals surface area contributed by atoms with Crippen LogP contribution in [0.4, 0.5) is 4.39 Å². The molecule has 2 aliphatic heterocycles. The van der Waals surface area contributed by atoms with Gasteiger partial charge < -0.3 is 14.2 Å². The predicted octanol–water partition coefficient (Wildman–Crippen LogP) is 3.34. The molecule has 4 nitrogen and oxygen atoms in total. The molecule has 2 atom stereocenters. The molecular formula is C18H27ClFNO3. The quantitative estimate of drug-likeness (QED) is 0.729. The van der Waals surface area contributed by atoms with Gasteiger partial charge in [0.1, 0.15) is 19.4 Å². The van der Waals surface area contributed by atoms with Crippen molar-refractivity contribution in [2.75, 3.05) is 46.1 Å². The van der Waals surface area contributed by atoms with Crippen molar-refractivity contribution in [3.8, 4) is 11.5 Å². The van der Waals surface area contributed by atoms with Crippen molar-refractivity contribution >= 4 is 12.4 Å². The maximum absolute atomic E-state index is 12.2. The van der Waals surface area contributed by atoms with Gasteiger partial charge in [0.25, 0.3) is 0 Å². The van der Waals surface area contributed by atoms with Crippen LogP contribution in [-0.4, -0.2) is 57.1 Å². The van der Waals surface area contributed by atoms with Gasteiger partial charge in [-0.25, -0.2) is 4.39 Å². The molecule has 0 spiro atoms. The van der Waals surface area contributed by atoms with Crippen LogP contribution in [0.15, 0.2) is 24.3 Å². The van der Waals surface area contributed by atoms with Crippen molar-refractivity contribution in [2.24, 2.45) is 5.41 Å². The molecule has 0 unspecified atom stereocenters. The lowest BCUT2D eigenvalue weighted by Crippen LogP contribution is -2.49. The third kappa shape index (κ3) is 4.98. The van der Waals surface area contributed by atoms with Gasteiger partial charge in [-0.1, -0.05) is 19.1 Å². The summed E-state index contributed by atoms with van der Waals surface area (Å²) in [6, 6.07) is 7.80. The highest BCUT2D eigenvalue weighted by atomic mass is 35.5. The number of ether oxygens (including phenoxy) is 3. The van der Waals surface area contributed by atoms with Crippen molar-refractivity contribution in [3.05, 3.63) is 24.3 Å². The van der Waals surface area contributed by atoms with E-state index in [9.17, 15) is 4.39 Å². The van der Waals surface area contributed by atoms with Crippen LogP contribution in [0.25, 0.3) is 0 Å². The van der Waals surface area contributed by atoms with Crippen molar-refractivity contribution < 1.29 is 18.6 Å². The Bertz CT molecular complexity index is 519. The number of piperidine rings is 1. The van der Waals surface area contributed by atoms with Crippen molar-refractivity contribution in [1.29, 1.82) is 0 Å². The lowest BCUT2D eigenvalue weighted by Gasteiger charge is -2.41. The number of halogens is 2. The van der Waals surface area contributed by atoms with E-state index in [0.29, 0.717) is 13.2 Å². The summed E-state index contributed by atoms with van der Waals surface area (Å²) in [6.07, 6.45) is 2.32. The largest absolute Gasteiger partial charge is 0.486 e. The Labute approximate surface area is 149 Å². The Morgan fingerprint density at radius 3 is 2.92 bits per heavy atom. The summed E-state index contributed by atoms with van der Waals surface area (Å²) in [7, 11) is 0. The van der Waals surface area contributed by atoms with Crippen molar-refractivity contribution in [1.82, 2.24) is 4.90 Å². The molecule has 0 saturated carbocycles. The first-order valence-electron chi connectivity index (χ1n) is 8.43. The molecular weight excluding hydrogens is 333 g/mol. The zero-order valence-corrected chi connectivity index (χ0v) is 15.0. The topological polar surface area (TPSA) is 30.9 Å². The smallest absolute Gasteiger partial charge is 0.161 e. The highest BCUT2D eigenvalue weighted by molar-refractivity contribution is 5.85. The zero-order chi connectivity index (χ0) is 16.1. The second kappa shape index (κ2) is 8.88. The van der Waals surface area contributed by atoms with Crippen LogP contribution in [0.2, 0.25) is 0 Å². The second-order valence-corrected chi connectivity index (χ2v) is 6.89. The molecule has 2 aliphatic rings. The molecule has 1 aromatic carbocycles. The van der Waals surface area contributed by atoms with Crippen LogP contribution in [0, 0.1) is 5.41 Å². The van der Waals surface area contributed by atoms with Gasteiger partial charge in [0.05, 0.1) is 13.2 Å². The summed E-state index contributed by atoms with van der Waals surface area (Å²) in [5.41, 5.74) is 0.0981. The fourth-order valence-corrected chi connectivity index (χ4v) is 3.52. The summed E-state index contributed by atoms with van der Waals surface area (Å²) in [4.78, 5) is 2.42. The Morgan fingerprint density at radius 2 is 2.12 bits per heavy atom. The molecule has 1 fully saturated rings. The fourth-order valence-electron chi connectivity index (χ4n) is 3.52. The number of hydrogen-bond donors (Lipinski definition) is 0. The Kier molecular flexibility index (Phi) is 7.14. The van der Waals surface area contributed by atoms with Crippen LogP contribution in [-0.2, 0) is 4.74 Å². The molecule has 0 aromatic heterocycles. The molecule has 3 rings (SSSR count). The van der Waals surface area contributed by atoms with Gasteiger partial charge in [-0.2, -0.15) is 0 Å². The lowest BCUT2D eigenvalue weighted by molar-refractivity contribution is -0.0170. The van der Waals surface area contributed by atoms with Gasteiger partial charge in [-0.3, -0.25) is 4.90 Å². The standard InChI is InChI=1S/C18H26FNO3.ClH/c1-18(14-21-10-8-19)7-4-9-20(13-18)11-15-12-22-16-5-2-3-6-17(16)23-15;/h2-3,5-6,15H,4,7-14H2,1H3;1H/t15-,18-;/m0./s1. The molecule has 0 bridgehead atoms. The summed E-state index contributed by atoms with van der Waals surface area (Å²) >= 11 is 0.